The minimum atomic E-state index is -3.91. The van der Waals surface area contributed by atoms with E-state index in [1.807, 2.05) is 0 Å². The number of sulfonamides is 1. The van der Waals surface area contributed by atoms with Crippen molar-refractivity contribution in [1.82, 2.24) is 5.32 Å². The molecule has 21 heavy (non-hydrogen) atoms. The Morgan fingerprint density at radius 3 is 2.48 bits per heavy atom. The van der Waals surface area contributed by atoms with E-state index < -0.39 is 27.4 Å². The Morgan fingerprint density at radius 2 is 1.90 bits per heavy atom. The average molecular weight is 312 g/mol. The van der Waals surface area contributed by atoms with Gasteiger partial charge >= 0.3 is 0 Å². The molecule has 1 aliphatic rings. The molecule has 0 unspecified atom stereocenters. The summed E-state index contributed by atoms with van der Waals surface area (Å²) in [6.07, 6.45) is 0. The molecule has 0 aromatic heterocycles. The molecule has 1 saturated heterocycles. The van der Waals surface area contributed by atoms with Crippen molar-refractivity contribution in [2.45, 2.75) is 24.3 Å². The van der Waals surface area contributed by atoms with Crippen LogP contribution < -0.4 is 21.1 Å². The highest BCUT2D eigenvalue weighted by atomic mass is 32.2. The van der Waals surface area contributed by atoms with E-state index in [0.29, 0.717) is 0 Å². The number of rotatable bonds is 2. The quantitative estimate of drug-likeness (QED) is 0.481. The summed E-state index contributed by atoms with van der Waals surface area (Å²) in [5, 5.41) is 7.32. The molecule has 2 amide bonds. The first-order chi connectivity index (χ1) is 9.53. The predicted molar refractivity (Wildman–Crippen MR) is 76.8 cm³/mol. The van der Waals surface area contributed by atoms with Crippen LogP contribution in [0.2, 0.25) is 0 Å². The lowest BCUT2D eigenvalue weighted by Gasteiger charge is -2.42. The third-order valence-electron chi connectivity index (χ3n) is 3.41. The van der Waals surface area contributed by atoms with E-state index in [0.717, 1.165) is 0 Å². The lowest BCUT2D eigenvalue weighted by molar-refractivity contribution is -0.135. The van der Waals surface area contributed by atoms with Gasteiger partial charge in [0.2, 0.25) is 15.9 Å². The summed E-state index contributed by atoms with van der Waals surface area (Å²) in [4.78, 5) is 24.8. The minimum Gasteiger partial charge on any atom is -0.397 e. The van der Waals surface area contributed by atoms with Crippen LogP contribution in [0.5, 0.6) is 0 Å². The van der Waals surface area contributed by atoms with Gasteiger partial charge in [0.1, 0.15) is 5.54 Å². The number of benzene rings is 1. The fourth-order valence-electron chi connectivity index (χ4n) is 2.10. The molecule has 1 fully saturated rings. The maximum Gasteiger partial charge on any atom is 0.251 e. The molecule has 114 valence electrons. The topological polar surface area (TPSA) is 136 Å². The summed E-state index contributed by atoms with van der Waals surface area (Å²) >= 11 is 0. The third-order valence-corrected chi connectivity index (χ3v) is 4.32. The fraction of sp³-hybridized carbons (Fsp3) is 0.333. The summed E-state index contributed by atoms with van der Waals surface area (Å²) in [7, 11) is -3.91. The van der Waals surface area contributed by atoms with Gasteiger partial charge in [-0.3, -0.25) is 14.9 Å². The second kappa shape index (κ2) is 4.71. The summed E-state index contributed by atoms with van der Waals surface area (Å²) in [5.41, 5.74) is 5.32. The van der Waals surface area contributed by atoms with Crippen LogP contribution in [0.1, 0.15) is 13.8 Å². The van der Waals surface area contributed by atoms with Crippen molar-refractivity contribution in [1.29, 1.82) is 0 Å². The zero-order valence-electron chi connectivity index (χ0n) is 11.6. The molecule has 1 aromatic carbocycles. The van der Waals surface area contributed by atoms with E-state index in [1.54, 1.807) is 13.8 Å². The zero-order valence-corrected chi connectivity index (χ0v) is 12.4. The molecule has 9 heteroatoms. The lowest BCUT2D eigenvalue weighted by Crippen LogP contribution is -2.64. The van der Waals surface area contributed by atoms with Gasteiger partial charge in [0.05, 0.1) is 22.8 Å². The molecule has 2 rings (SSSR count). The number of carbonyl (C=O) groups is 2. The van der Waals surface area contributed by atoms with Crippen LogP contribution in [0.3, 0.4) is 0 Å². The standard InChI is InChI=1S/C12H16N4O4S/c1-12(2)11(18)15-10(17)6-16(12)9-5-7(21(14,19)20)3-4-8(9)13/h3-5H,6,13H2,1-2H3,(H2,14,19,20)(H,15,17,18). The van der Waals surface area contributed by atoms with E-state index in [4.69, 9.17) is 10.9 Å². The van der Waals surface area contributed by atoms with Crippen LogP contribution in [0.4, 0.5) is 11.4 Å². The first-order valence-corrected chi connectivity index (χ1v) is 7.62. The lowest BCUT2D eigenvalue weighted by atomic mass is 9.97. The number of nitrogen functional groups attached to an aromatic ring is 1. The van der Waals surface area contributed by atoms with Crippen LogP contribution in [0, 0.1) is 0 Å². The fourth-order valence-corrected chi connectivity index (χ4v) is 2.64. The Hall–Kier alpha value is -2.13. The summed E-state index contributed by atoms with van der Waals surface area (Å²) < 4.78 is 22.9. The van der Waals surface area contributed by atoms with Gasteiger partial charge in [-0.15, -0.1) is 0 Å². The van der Waals surface area contributed by atoms with Gasteiger partial charge < -0.3 is 10.6 Å². The number of hydrogen-bond donors (Lipinski definition) is 3. The number of anilines is 2. The normalized spacial score (nSPS) is 18.5. The molecular formula is C12H16N4O4S. The smallest absolute Gasteiger partial charge is 0.251 e. The Labute approximate surface area is 122 Å². The highest BCUT2D eigenvalue weighted by molar-refractivity contribution is 7.89. The largest absolute Gasteiger partial charge is 0.397 e. The third kappa shape index (κ3) is 2.69. The second-order valence-electron chi connectivity index (χ2n) is 5.29. The van der Waals surface area contributed by atoms with Crippen LogP contribution in [0.25, 0.3) is 0 Å². The van der Waals surface area contributed by atoms with Crippen LogP contribution >= 0.6 is 0 Å². The Balaban J connectivity index is 2.59. The number of nitrogens with one attached hydrogen (secondary N) is 1. The highest BCUT2D eigenvalue weighted by Gasteiger charge is 2.41. The molecule has 0 atom stereocenters. The number of nitrogens with zero attached hydrogens (tertiary/aromatic N) is 1. The number of piperazine rings is 1. The van der Waals surface area contributed by atoms with E-state index in [1.165, 1.54) is 23.1 Å². The molecule has 0 bridgehead atoms. The molecular weight excluding hydrogens is 296 g/mol. The number of amides is 2. The zero-order chi connectivity index (χ0) is 16.0. The number of carbonyl (C=O) groups excluding carboxylic acids is 2. The van der Waals surface area contributed by atoms with Crippen molar-refractivity contribution in [2.24, 2.45) is 5.14 Å². The van der Waals surface area contributed by atoms with Crippen molar-refractivity contribution in [2.75, 3.05) is 17.2 Å². The Kier molecular flexibility index (Phi) is 3.42. The number of hydrogen-bond acceptors (Lipinski definition) is 6. The Morgan fingerprint density at radius 1 is 1.29 bits per heavy atom. The summed E-state index contributed by atoms with van der Waals surface area (Å²) in [5.74, 6) is -0.973. The van der Waals surface area contributed by atoms with Crippen molar-refractivity contribution in [3.63, 3.8) is 0 Å². The van der Waals surface area contributed by atoms with Crippen LogP contribution in [-0.4, -0.2) is 32.3 Å². The van der Waals surface area contributed by atoms with Crippen LogP contribution in [-0.2, 0) is 19.6 Å². The van der Waals surface area contributed by atoms with Gasteiger partial charge in [-0.1, -0.05) is 0 Å². The molecule has 1 heterocycles. The van der Waals surface area contributed by atoms with Gasteiger partial charge in [-0.05, 0) is 32.0 Å². The Bertz CT molecular complexity index is 727. The summed E-state index contributed by atoms with van der Waals surface area (Å²) in [6.45, 7) is 3.10. The van der Waals surface area contributed by atoms with Gasteiger partial charge in [-0.25, -0.2) is 13.6 Å². The molecule has 0 radical (unpaired) electrons. The molecule has 0 aliphatic carbocycles. The van der Waals surface area contributed by atoms with Gasteiger partial charge in [0.25, 0.3) is 5.91 Å². The van der Waals surface area contributed by atoms with Crippen LogP contribution in [0.15, 0.2) is 23.1 Å². The number of nitrogens with two attached hydrogens (primary N) is 2. The molecule has 0 spiro atoms. The maximum absolute atomic E-state index is 11.9. The van der Waals surface area contributed by atoms with Gasteiger partial charge in [-0.2, -0.15) is 0 Å². The number of imide groups is 1. The van der Waals surface area contributed by atoms with Crippen molar-refractivity contribution < 1.29 is 18.0 Å². The van der Waals surface area contributed by atoms with E-state index in [9.17, 15) is 18.0 Å². The predicted octanol–water partition coefficient (Wildman–Crippen LogP) is -0.842. The SMILES string of the molecule is CC1(C)C(=O)NC(=O)CN1c1cc(S(N)(=O)=O)ccc1N. The van der Waals surface area contributed by atoms with E-state index in [2.05, 4.69) is 5.32 Å². The van der Waals surface area contributed by atoms with Gasteiger partial charge in [0, 0.05) is 0 Å². The van der Waals surface area contributed by atoms with Crippen molar-refractivity contribution in [3.05, 3.63) is 18.2 Å². The monoisotopic (exact) mass is 312 g/mol. The van der Waals surface area contributed by atoms with Gasteiger partial charge in [0.15, 0.2) is 0 Å². The highest BCUT2D eigenvalue weighted by Crippen LogP contribution is 2.32. The molecule has 5 N–H and O–H groups in total. The molecule has 1 aromatic rings. The average Bonchev–Trinajstić information content (AvgIpc) is 2.33. The molecule has 0 saturated carbocycles. The second-order valence-corrected chi connectivity index (χ2v) is 6.85. The molecule has 1 aliphatic heterocycles. The first kappa shape index (κ1) is 15.3. The first-order valence-electron chi connectivity index (χ1n) is 6.08. The van der Waals surface area contributed by atoms with E-state index >= 15 is 0 Å². The minimum absolute atomic E-state index is 0.114. The molecule has 8 nitrogen and oxygen atoms in total. The maximum atomic E-state index is 11.9. The van der Waals surface area contributed by atoms with Crippen molar-refractivity contribution >= 4 is 33.2 Å². The number of primary sulfonamides is 1. The summed E-state index contributed by atoms with van der Waals surface area (Å²) in [6, 6.07) is 3.91. The van der Waals surface area contributed by atoms with Crippen molar-refractivity contribution in [3.8, 4) is 0 Å². The van der Waals surface area contributed by atoms with E-state index in [-0.39, 0.29) is 22.8 Å².